The predicted molar refractivity (Wildman–Crippen MR) is 111 cm³/mol. The van der Waals surface area contributed by atoms with Gasteiger partial charge in [-0.25, -0.2) is 0 Å². The van der Waals surface area contributed by atoms with Crippen molar-refractivity contribution in [3.05, 3.63) is 12.2 Å². The van der Waals surface area contributed by atoms with E-state index in [1.54, 1.807) is 6.92 Å². The Balaban J connectivity index is 3.30. The number of hydrogen-bond acceptors (Lipinski definition) is 3. The quantitative estimate of drug-likeness (QED) is 0.110. The van der Waals surface area contributed by atoms with E-state index in [-0.39, 0.29) is 12.1 Å². The van der Waals surface area contributed by atoms with Gasteiger partial charge in [0.15, 0.2) is 6.29 Å². The molecule has 0 aliphatic rings. The second kappa shape index (κ2) is 18.9. The fraction of sp³-hybridized carbons (Fsp3) is 0.870. The van der Waals surface area contributed by atoms with Crippen LogP contribution in [0.1, 0.15) is 118 Å². The maximum atomic E-state index is 11.7. The normalized spacial score (nSPS) is 12.8. The lowest BCUT2D eigenvalue weighted by Crippen LogP contribution is -2.21. The van der Waals surface area contributed by atoms with Crippen molar-refractivity contribution in [1.29, 1.82) is 0 Å². The molecule has 0 bridgehead atoms. The van der Waals surface area contributed by atoms with Crippen molar-refractivity contribution < 1.29 is 14.3 Å². The van der Waals surface area contributed by atoms with Gasteiger partial charge in [0.25, 0.3) is 0 Å². The van der Waals surface area contributed by atoms with E-state index in [0.717, 1.165) is 12.8 Å². The highest BCUT2D eigenvalue weighted by atomic mass is 16.7. The van der Waals surface area contributed by atoms with Gasteiger partial charge in [-0.15, -0.1) is 0 Å². The number of hydrogen-bond donors (Lipinski definition) is 0. The molecule has 0 aromatic heterocycles. The standard InChI is InChI=1S/C23H44O3/c1-5-6-7-8-9-10-11-12-13-14-15-16-17-18-19-20-23(24)26-22(4)25-21(2)3/h12-13,21-22H,5-11,14-20H2,1-4H3/b13-12+. The van der Waals surface area contributed by atoms with Gasteiger partial charge in [-0.05, 0) is 52.9 Å². The van der Waals surface area contributed by atoms with Gasteiger partial charge in [0.05, 0.1) is 6.10 Å². The summed E-state index contributed by atoms with van der Waals surface area (Å²) in [5.74, 6) is -0.143. The molecule has 26 heavy (non-hydrogen) atoms. The van der Waals surface area contributed by atoms with Crippen LogP contribution in [0.25, 0.3) is 0 Å². The van der Waals surface area contributed by atoms with Crippen LogP contribution in [-0.2, 0) is 14.3 Å². The van der Waals surface area contributed by atoms with E-state index in [4.69, 9.17) is 9.47 Å². The average molecular weight is 369 g/mol. The molecule has 3 heteroatoms. The molecule has 1 atom stereocenters. The van der Waals surface area contributed by atoms with Crippen LogP contribution in [0.2, 0.25) is 0 Å². The number of carbonyl (C=O) groups excluding carboxylic acids is 1. The summed E-state index contributed by atoms with van der Waals surface area (Å²) < 4.78 is 10.6. The van der Waals surface area contributed by atoms with Crippen molar-refractivity contribution in [2.45, 2.75) is 130 Å². The first-order chi connectivity index (χ1) is 12.6. The SMILES string of the molecule is CCCCCCCC/C=C/CCCCCCCC(=O)OC(C)OC(C)C. The Morgan fingerprint density at radius 3 is 1.81 bits per heavy atom. The van der Waals surface area contributed by atoms with Crippen LogP contribution in [0.3, 0.4) is 0 Å². The highest BCUT2D eigenvalue weighted by Gasteiger charge is 2.10. The van der Waals surface area contributed by atoms with Crippen molar-refractivity contribution in [3.8, 4) is 0 Å². The Morgan fingerprint density at radius 1 is 0.769 bits per heavy atom. The maximum Gasteiger partial charge on any atom is 0.308 e. The third kappa shape index (κ3) is 19.5. The summed E-state index contributed by atoms with van der Waals surface area (Å²) in [7, 11) is 0. The van der Waals surface area contributed by atoms with Crippen LogP contribution in [0.4, 0.5) is 0 Å². The first kappa shape index (κ1) is 25.2. The molecule has 1 unspecified atom stereocenters. The van der Waals surface area contributed by atoms with Gasteiger partial charge in [-0.3, -0.25) is 4.79 Å². The minimum atomic E-state index is -0.439. The first-order valence-corrected chi connectivity index (χ1v) is 11.1. The zero-order chi connectivity index (χ0) is 19.5. The Morgan fingerprint density at radius 2 is 1.27 bits per heavy atom. The lowest BCUT2D eigenvalue weighted by atomic mass is 10.1. The zero-order valence-corrected chi connectivity index (χ0v) is 17.9. The number of ether oxygens (including phenoxy) is 2. The summed E-state index contributed by atoms with van der Waals surface area (Å²) in [5, 5.41) is 0. The molecule has 0 radical (unpaired) electrons. The summed E-state index contributed by atoms with van der Waals surface area (Å²) in [6.45, 7) is 7.92. The van der Waals surface area contributed by atoms with Crippen LogP contribution in [0.15, 0.2) is 12.2 Å². The topological polar surface area (TPSA) is 35.5 Å². The second-order valence-electron chi connectivity index (χ2n) is 7.58. The Hall–Kier alpha value is -0.830. The van der Waals surface area contributed by atoms with Crippen molar-refractivity contribution in [2.24, 2.45) is 0 Å². The van der Waals surface area contributed by atoms with Gasteiger partial charge < -0.3 is 9.47 Å². The van der Waals surface area contributed by atoms with Crippen molar-refractivity contribution in [3.63, 3.8) is 0 Å². The van der Waals surface area contributed by atoms with Gasteiger partial charge in [0.2, 0.25) is 0 Å². The van der Waals surface area contributed by atoms with Crippen LogP contribution in [0, 0.1) is 0 Å². The summed E-state index contributed by atoms with van der Waals surface area (Å²) in [4.78, 5) is 11.7. The molecule has 3 nitrogen and oxygen atoms in total. The Kier molecular flexibility index (Phi) is 18.3. The highest BCUT2D eigenvalue weighted by Crippen LogP contribution is 2.11. The van der Waals surface area contributed by atoms with Crippen molar-refractivity contribution >= 4 is 5.97 Å². The summed E-state index contributed by atoms with van der Waals surface area (Å²) in [6.07, 6.45) is 21.3. The lowest BCUT2D eigenvalue weighted by molar-refractivity contribution is -0.181. The molecule has 0 saturated carbocycles. The highest BCUT2D eigenvalue weighted by molar-refractivity contribution is 5.69. The molecule has 0 fully saturated rings. The van der Waals surface area contributed by atoms with E-state index in [1.165, 1.54) is 70.6 Å². The molecule has 0 aliphatic carbocycles. The predicted octanol–water partition coefficient (Wildman–Crippen LogP) is 7.34. The fourth-order valence-electron chi connectivity index (χ4n) is 3.00. The minimum Gasteiger partial charge on any atom is -0.436 e. The van der Waals surface area contributed by atoms with Gasteiger partial charge >= 0.3 is 5.97 Å². The molecule has 0 aromatic carbocycles. The van der Waals surface area contributed by atoms with Crippen LogP contribution >= 0.6 is 0 Å². The number of unbranched alkanes of at least 4 members (excludes halogenated alkanes) is 11. The third-order valence-corrected chi connectivity index (χ3v) is 4.40. The number of carbonyl (C=O) groups is 1. The molecule has 0 rings (SSSR count). The summed E-state index contributed by atoms with van der Waals surface area (Å²) in [5.41, 5.74) is 0. The fourth-order valence-corrected chi connectivity index (χ4v) is 3.00. The van der Waals surface area contributed by atoms with Crippen LogP contribution < -0.4 is 0 Å². The molecule has 0 aliphatic heterocycles. The number of rotatable bonds is 18. The Bertz CT molecular complexity index is 336. The van der Waals surface area contributed by atoms with E-state index in [0.29, 0.717) is 6.42 Å². The molecule has 0 spiro atoms. The first-order valence-electron chi connectivity index (χ1n) is 11.1. The van der Waals surface area contributed by atoms with E-state index in [2.05, 4.69) is 19.1 Å². The molecule has 0 amide bonds. The molecule has 0 heterocycles. The zero-order valence-electron chi connectivity index (χ0n) is 17.9. The molecular formula is C23H44O3. The van der Waals surface area contributed by atoms with Crippen molar-refractivity contribution in [2.75, 3.05) is 0 Å². The average Bonchev–Trinajstić information content (AvgIpc) is 2.57. The summed E-state index contributed by atoms with van der Waals surface area (Å²) in [6, 6.07) is 0. The largest absolute Gasteiger partial charge is 0.436 e. The van der Waals surface area contributed by atoms with Gasteiger partial charge in [0, 0.05) is 6.42 Å². The minimum absolute atomic E-state index is 0.0812. The van der Waals surface area contributed by atoms with Crippen LogP contribution in [-0.4, -0.2) is 18.4 Å². The maximum absolute atomic E-state index is 11.7. The van der Waals surface area contributed by atoms with E-state index in [9.17, 15) is 4.79 Å². The molecule has 154 valence electrons. The summed E-state index contributed by atoms with van der Waals surface area (Å²) >= 11 is 0. The third-order valence-electron chi connectivity index (χ3n) is 4.40. The van der Waals surface area contributed by atoms with E-state index < -0.39 is 6.29 Å². The molecule has 0 aromatic rings. The Labute approximate surface area is 162 Å². The van der Waals surface area contributed by atoms with Gasteiger partial charge in [0.1, 0.15) is 0 Å². The van der Waals surface area contributed by atoms with E-state index in [1.807, 2.05) is 13.8 Å². The monoisotopic (exact) mass is 368 g/mol. The van der Waals surface area contributed by atoms with Crippen molar-refractivity contribution in [1.82, 2.24) is 0 Å². The number of esters is 1. The number of allylic oxidation sites excluding steroid dienone is 2. The molecule has 0 N–H and O–H groups in total. The van der Waals surface area contributed by atoms with Gasteiger partial charge in [-0.1, -0.05) is 70.4 Å². The van der Waals surface area contributed by atoms with Crippen LogP contribution in [0.5, 0.6) is 0 Å². The van der Waals surface area contributed by atoms with E-state index >= 15 is 0 Å². The lowest BCUT2D eigenvalue weighted by Gasteiger charge is -2.16. The molecule has 0 saturated heterocycles. The smallest absolute Gasteiger partial charge is 0.308 e. The van der Waals surface area contributed by atoms with Gasteiger partial charge in [-0.2, -0.15) is 0 Å². The molecular weight excluding hydrogens is 324 g/mol. The second-order valence-corrected chi connectivity index (χ2v) is 7.58.